The summed E-state index contributed by atoms with van der Waals surface area (Å²) in [5, 5.41) is 6.68. The maximum atomic E-state index is 6.12. The number of methoxy groups -OCH3 is 2. The van der Waals surface area contributed by atoms with Crippen molar-refractivity contribution in [2.24, 2.45) is 0 Å². The number of hydrogen-bond acceptors (Lipinski definition) is 8. The van der Waals surface area contributed by atoms with Crippen LogP contribution < -0.4 is 18.9 Å². The third-order valence-electron chi connectivity index (χ3n) is 4.60. The van der Waals surface area contributed by atoms with E-state index in [4.69, 9.17) is 35.6 Å². The molecule has 9 heteroatoms. The largest absolute Gasteiger partial charge is 0.497 e. The van der Waals surface area contributed by atoms with Gasteiger partial charge in [0, 0.05) is 12.3 Å². The van der Waals surface area contributed by atoms with E-state index >= 15 is 0 Å². The zero-order valence-corrected chi connectivity index (χ0v) is 18.3. The van der Waals surface area contributed by atoms with Gasteiger partial charge in [0.05, 0.1) is 14.2 Å². The summed E-state index contributed by atoms with van der Waals surface area (Å²) in [5.74, 6) is 2.68. The molecule has 0 bridgehead atoms. The summed E-state index contributed by atoms with van der Waals surface area (Å²) >= 11 is 5.00. The number of aromatic nitrogens is 3. The van der Waals surface area contributed by atoms with Gasteiger partial charge in [0.2, 0.25) is 0 Å². The molecular weight excluding hydrogens is 430 g/mol. The van der Waals surface area contributed by atoms with Gasteiger partial charge in [-0.3, -0.25) is 0 Å². The van der Waals surface area contributed by atoms with Crippen LogP contribution in [0.3, 0.4) is 0 Å². The van der Waals surface area contributed by atoms with Crippen molar-refractivity contribution in [3.8, 4) is 34.6 Å². The Morgan fingerprint density at radius 1 is 0.844 bits per heavy atom. The first kappa shape index (κ1) is 21.4. The van der Waals surface area contributed by atoms with Crippen molar-refractivity contribution < 1.29 is 23.4 Å². The van der Waals surface area contributed by atoms with Crippen molar-refractivity contribution in [3.05, 3.63) is 76.8 Å². The van der Waals surface area contributed by atoms with Gasteiger partial charge in [0.1, 0.15) is 24.7 Å². The lowest BCUT2D eigenvalue weighted by Crippen LogP contribution is -2.03. The van der Waals surface area contributed by atoms with Crippen molar-refractivity contribution in [3.63, 3.8) is 0 Å². The first-order valence-electron chi connectivity index (χ1n) is 9.72. The number of aromatic amines is 1. The molecule has 32 heavy (non-hydrogen) atoms. The second-order valence-corrected chi connectivity index (χ2v) is 7.05. The van der Waals surface area contributed by atoms with Gasteiger partial charge >= 0.3 is 0 Å². The molecule has 0 amide bonds. The van der Waals surface area contributed by atoms with Crippen molar-refractivity contribution in [2.45, 2.75) is 13.2 Å². The lowest BCUT2D eigenvalue weighted by molar-refractivity contribution is 0.255. The minimum Gasteiger partial charge on any atom is -0.497 e. The third-order valence-corrected chi connectivity index (χ3v) is 4.78. The van der Waals surface area contributed by atoms with Gasteiger partial charge < -0.3 is 23.4 Å². The van der Waals surface area contributed by atoms with Gasteiger partial charge in [-0.1, -0.05) is 24.3 Å². The zero-order chi connectivity index (χ0) is 22.3. The molecule has 0 saturated heterocycles. The van der Waals surface area contributed by atoms with Gasteiger partial charge in [-0.15, -0.1) is 5.10 Å². The minimum atomic E-state index is 0.146. The highest BCUT2D eigenvalue weighted by atomic mass is 32.1. The van der Waals surface area contributed by atoms with Crippen LogP contribution in [0.1, 0.15) is 11.1 Å². The first-order valence-corrected chi connectivity index (χ1v) is 10.1. The van der Waals surface area contributed by atoms with Gasteiger partial charge in [-0.25, -0.2) is 10.1 Å². The van der Waals surface area contributed by atoms with E-state index in [9.17, 15) is 0 Å². The Hall–Kier alpha value is -3.85. The topological polar surface area (TPSA) is 91.6 Å². The number of rotatable bonds is 9. The standard InChI is InChI=1S/C23H21N3O5S/c1-27-17-7-3-15(4-8-17)13-29-19-11-12-24-20(22-25-26-23(32)31-22)21(19)30-14-16-5-9-18(28-2)10-6-16/h3-12H,13-14H2,1-2H3,(H,26,32). The Morgan fingerprint density at radius 3 is 1.97 bits per heavy atom. The van der Waals surface area contributed by atoms with Gasteiger partial charge in [-0.2, -0.15) is 0 Å². The van der Waals surface area contributed by atoms with E-state index in [2.05, 4.69) is 15.2 Å². The Labute approximate surface area is 189 Å². The zero-order valence-electron chi connectivity index (χ0n) is 17.5. The quantitative estimate of drug-likeness (QED) is 0.357. The number of nitrogens with one attached hydrogen (secondary N) is 1. The van der Waals surface area contributed by atoms with Crippen LogP contribution in [0.25, 0.3) is 11.6 Å². The van der Waals surface area contributed by atoms with E-state index in [1.165, 1.54) is 0 Å². The average molecular weight is 452 g/mol. The van der Waals surface area contributed by atoms with Crippen molar-refractivity contribution >= 4 is 12.2 Å². The van der Waals surface area contributed by atoms with Gasteiger partial charge in [-0.05, 0) is 47.6 Å². The Kier molecular flexibility index (Phi) is 6.66. The van der Waals surface area contributed by atoms with E-state index in [0.717, 1.165) is 22.6 Å². The number of pyridine rings is 1. The second-order valence-electron chi connectivity index (χ2n) is 6.68. The minimum absolute atomic E-state index is 0.146. The molecule has 0 aliphatic carbocycles. The molecule has 8 nitrogen and oxygen atoms in total. The smallest absolute Gasteiger partial charge is 0.284 e. The predicted octanol–water partition coefficient (Wildman–Crippen LogP) is 4.97. The number of nitrogens with zero attached hydrogens (tertiary/aromatic N) is 2. The summed E-state index contributed by atoms with van der Waals surface area (Å²) in [6.07, 6.45) is 1.60. The monoisotopic (exact) mass is 451 g/mol. The fourth-order valence-corrected chi connectivity index (χ4v) is 3.05. The molecule has 2 aromatic carbocycles. The van der Waals surface area contributed by atoms with E-state index in [1.807, 2.05) is 48.5 Å². The highest BCUT2D eigenvalue weighted by Crippen LogP contribution is 2.37. The molecule has 0 unspecified atom stereocenters. The first-order chi connectivity index (χ1) is 15.7. The van der Waals surface area contributed by atoms with Gasteiger partial charge in [0.15, 0.2) is 17.2 Å². The normalized spacial score (nSPS) is 10.6. The van der Waals surface area contributed by atoms with Crippen LogP contribution in [-0.4, -0.2) is 29.4 Å². The molecule has 0 spiro atoms. The van der Waals surface area contributed by atoms with Crippen molar-refractivity contribution in [1.29, 1.82) is 0 Å². The fourth-order valence-electron chi connectivity index (χ4n) is 2.93. The van der Waals surface area contributed by atoms with E-state index in [0.29, 0.717) is 23.8 Å². The maximum absolute atomic E-state index is 6.12. The van der Waals surface area contributed by atoms with E-state index in [-0.39, 0.29) is 17.3 Å². The summed E-state index contributed by atoms with van der Waals surface area (Å²) in [6.45, 7) is 0.614. The maximum Gasteiger partial charge on any atom is 0.284 e. The molecule has 0 aliphatic heterocycles. The Balaban J connectivity index is 1.59. The molecule has 4 rings (SSSR count). The number of benzene rings is 2. The summed E-state index contributed by atoms with van der Waals surface area (Å²) in [5.41, 5.74) is 2.31. The Bertz CT molecular complexity index is 1220. The summed E-state index contributed by atoms with van der Waals surface area (Å²) in [6, 6.07) is 17.0. The molecule has 0 fully saturated rings. The van der Waals surface area contributed by atoms with Crippen molar-refractivity contribution in [2.75, 3.05) is 14.2 Å². The highest BCUT2D eigenvalue weighted by molar-refractivity contribution is 7.71. The number of ether oxygens (including phenoxy) is 4. The SMILES string of the molecule is COc1ccc(COc2ccnc(-c3n[nH]c(=S)o3)c2OCc2ccc(OC)cc2)cc1. The summed E-state index contributed by atoms with van der Waals surface area (Å²) in [7, 11) is 3.26. The summed E-state index contributed by atoms with van der Waals surface area (Å²) in [4.78, 5) is 4.52. The molecule has 4 aromatic rings. The van der Waals surface area contributed by atoms with Crippen molar-refractivity contribution in [1.82, 2.24) is 15.2 Å². The molecular formula is C23H21N3O5S. The lowest BCUT2D eigenvalue weighted by atomic mass is 10.2. The molecule has 0 saturated carbocycles. The lowest BCUT2D eigenvalue weighted by Gasteiger charge is -2.15. The average Bonchev–Trinajstić information content (AvgIpc) is 3.28. The van der Waals surface area contributed by atoms with Crippen LogP contribution in [0, 0.1) is 4.84 Å². The molecule has 1 N–H and O–H groups in total. The van der Waals surface area contributed by atoms with Crippen LogP contribution in [-0.2, 0) is 13.2 Å². The summed E-state index contributed by atoms with van der Waals surface area (Å²) < 4.78 is 28.0. The van der Waals surface area contributed by atoms with Crippen LogP contribution in [0.5, 0.6) is 23.0 Å². The van der Waals surface area contributed by atoms with Crippen LogP contribution in [0.15, 0.2) is 65.2 Å². The number of H-pyrrole nitrogens is 1. The molecule has 0 radical (unpaired) electrons. The molecule has 0 aliphatic rings. The Morgan fingerprint density at radius 2 is 1.44 bits per heavy atom. The van der Waals surface area contributed by atoms with Crippen LogP contribution >= 0.6 is 12.2 Å². The fraction of sp³-hybridized carbons (Fsp3) is 0.174. The third kappa shape index (κ3) is 5.06. The molecule has 2 heterocycles. The molecule has 0 atom stereocenters. The second kappa shape index (κ2) is 9.97. The predicted molar refractivity (Wildman–Crippen MR) is 120 cm³/mol. The number of hydrogen-bond donors (Lipinski definition) is 1. The van der Waals surface area contributed by atoms with Crippen LogP contribution in [0.4, 0.5) is 0 Å². The van der Waals surface area contributed by atoms with E-state index < -0.39 is 0 Å². The van der Waals surface area contributed by atoms with E-state index in [1.54, 1.807) is 26.5 Å². The highest BCUT2D eigenvalue weighted by Gasteiger charge is 2.19. The molecule has 2 aromatic heterocycles. The van der Waals surface area contributed by atoms with Crippen LogP contribution in [0.2, 0.25) is 0 Å². The van der Waals surface area contributed by atoms with Gasteiger partial charge in [0.25, 0.3) is 10.7 Å². The molecule has 164 valence electrons.